The molecule has 128 valence electrons. The third-order valence-corrected chi connectivity index (χ3v) is 3.99. The zero-order chi connectivity index (χ0) is 18.5. The number of ketones is 1. The van der Waals surface area contributed by atoms with E-state index < -0.39 is 0 Å². The molecule has 0 unspecified atom stereocenters. The van der Waals surface area contributed by atoms with Crippen molar-refractivity contribution in [3.8, 4) is 23.6 Å². The number of hydrogen-bond acceptors (Lipinski definition) is 6. The van der Waals surface area contributed by atoms with Gasteiger partial charge in [0.05, 0.1) is 16.3 Å². The maximum Gasteiger partial charge on any atom is 0.196 e. The van der Waals surface area contributed by atoms with Gasteiger partial charge in [-0.05, 0) is 18.2 Å². The predicted molar refractivity (Wildman–Crippen MR) is 95.2 cm³/mol. The molecule has 2 aromatic carbocycles. The maximum atomic E-state index is 13.0. The van der Waals surface area contributed by atoms with Crippen molar-refractivity contribution in [3.05, 3.63) is 64.3 Å². The molecule has 1 aliphatic heterocycles. The van der Waals surface area contributed by atoms with Crippen LogP contribution in [-0.4, -0.2) is 19.0 Å². The fourth-order valence-electron chi connectivity index (χ4n) is 2.43. The predicted octanol–water partition coefficient (Wildman–Crippen LogP) is 3.69. The molecule has 0 saturated carbocycles. The first kappa shape index (κ1) is 17.3. The summed E-state index contributed by atoms with van der Waals surface area (Å²) in [4.78, 5) is 13.0. The SMILES string of the molecule is N#CC(C#N)=CNc1cc2c(cc1C(=O)c1ccccc1Cl)OCCO2. The number of rotatable bonds is 4. The summed E-state index contributed by atoms with van der Waals surface area (Å²) in [6.07, 6.45) is 1.23. The molecule has 0 aromatic heterocycles. The second kappa shape index (κ2) is 7.60. The number of ether oxygens (including phenoxy) is 2. The number of carbonyl (C=O) groups excluding carboxylic acids is 1. The van der Waals surface area contributed by atoms with Gasteiger partial charge in [0, 0.05) is 17.8 Å². The smallest absolute Gasteiger partial charge is 0.196 e. The number of carbonyl (C=O) groups is 1. The highest BCUT2D eigenvalue weighted by Gasteiger charge is 2.22. The van der Waals surface area contributed by atoms with Crippen LogP contribution in [0.4, 0.5) is 5.69 Å². The molecule has 2 aromatic rings. The zero-order valence-electron chi connectivity index (χ0n) is 13.5. The van der Waals surface area contributed by atoms with E-state index in [1.807, 2.05) is 0 Å². The quantitative estimate of drug-likeness (QED) is 0.655. The average molecular weight is 366 g/mol. The average Bonchev–Trinajstić information content (AvgIpc) is 2.68. The minimum Gasteiger partial charge on any atom is -0.486 e. The van der Waals surface area contributed by atoms with Crippen LogP contribution in [0.1, 0.15) is 15.9 Å². The number of nitriles is 2. The second-order valence-corrected chi connectivity index (χ2v) is 5.68. The molecule has 0 atom stereocenters. The second-order valence-electron chi connectivity index (χ2n) is 5.28. The molecule has 3 rings (SSSR count). The van der Waals surface area contributed by atoms with Crippen LogP contribution in [0, 0.1) is 22.7 Å². The van der Waals surface area contributed by atoms with Crippen LogP contribution < -0.4 is 14.8 Å². The van der Waals surface area contributed by atoms with Gasteiger partial charge in [-0.15, -0.1) is 0 Å². The molecule has 0 amide bonds. The lowest BCUT2D eigenvalue weighted by Crippen LogP contribution is -2.17. The van der Waals surface area contributed by atoms with E-state index >= 15 is 0 Å². The van der Waals surface area contributed by atoms with Crippen LogP contribution in [0.25, 0.3) is 0 Å². The number of nitrogens with zero attached hydrogens (tertiary/aromatic N) is 2. The van der Waals surface area contributed by atoms with Crippen molar-refractivity contribution in [2.75, 3.05) is 18.5 Å². The Hall–Kier alpha value is -3.48. The van der Waals surface area contributed by atoms with Crippen molar-refractivity contribution in [2.45, 2.75) is 0 Å². The lowest BCUT2D eigenvalue weighted by molar-refractivity contribution is 0.103. The van der Waals surface area contributed by atoms with Gasteiger partial charge < -0.3 is 14.8 Å². The van der Waals surface area contributed by atoms with E-state index in [0.717, 1.165) is 0 Å². The van der Waals surface area contributed by atoms with E-state index in [-0.39, 0.29) is 16.9 Å². The fraction of sp³-hybridized carbons (Fsp3) is 0.105. The van der Waals surface area contributed by atoms with Gasteiger partial charge in [0.25, 0.3) is 0 Å². The lowest BCUT2D eigenvalue weighted by Gasteiger charge is -2.21. The normalized spacial score (nSPS) is 11.7. The standard InChI is InChI=1S/C19H12ClN3O3/c20-15-4-2-1-3-13(15)19(24)14-7-17-18(26-6-5-25-17)8-16(14)23-11-12(9-21)10-22/h1-4,7-8,11,23H,5-6H2. The summed E-state index contributed by atoms with van der Waals surface area (Å²) in [6, 6.07) is 13.4. The molecule has 26 heavy (non-hydrogen) atoms. The highest BCUT2D eigenvalue weighted by molar-refractivity contribution is 6.35. The molecule has 7 heteroatoms. The van der Waals surface area contributed by atoms with Gasteiger partial charge in [0.2, 0.25) is 0 Å². The third kappa shape index (κ3) is 3.46. The number of nitrogens with one attached hydrogen (secondary N) is 1. The molecule has 1 N–H and O–H groups in total. The maximum absolute atomic E-state index is 13.0. The molecule has 0 fully saturated rings. The number of benzene rings is 2. The Morgan fingerprint density at radius 2 is 1.73 bits per heavy atom. The Bertz CT molecular complexity index is 970. The van der Waals surface area contributed by atoms with Crippen LogP contribution in [0.5, 0.6) is 11.5 Å². The molecule has 0 spiro atoms. The number of allylic oxidation sites excluding steroid dienone is 1. The molecule has 6 nitrogen and oxygen atoms in total. The monoisotopic (exact) mass is 365 g/mol. The van der Waals surface area contributed by atoms with Crippen molar-refractivity contribution in [3.63, 3.8) is 0 Å². The van der Waals surface area contributed by atoms with E-state index in [2.05, 4.69) is 5.32 Å². The first-order chi connectivity index (χ1) is 12.6. The fourth-order valence-corrected chi connectivity index (χ4v) is 2.65. The number of hydrogen-bond donors (Lipinski definition) is 1. The summed E-state index contributed by atoms with van der Waals surface area (Å²) in [5.74, 6) is 0.597. The summed E-state index contributed by atoms with van der Waals surface area (Å²) >= 11 is 6.14. The molecular weight excluding hydrogens is 354 g/mol. The van der Waals surface area contributed by atoms with Gasteiger partial charge in [0.1, 0.15) is 30.9 Å². The first-order valence-corrected chi connectivity index (χ1v) is 8.01. The van der Waals surface area contributed by atoms with E-state index in [1.165, 1.54) is 6.20 Å². The van der Waals surface area contributed by atoms with Crippen LogP contribution in [0.3, 0.4) is 0 Å². The van der Waals surface area contributed by atoms with Crippen molar-refractivity contribution >= 4 is 23.1 Å². The summed E-state index contributed by atoms with van der Waals surface area (Å²) in [7, 11) is 0. The van der Waals surface area contributed by atoms with Gasteiger partial charge in [-0.25, -0.2) is 0 Å². The Morgan fingerprint density at radius 3 is 2.38 bits per heavy atom. The summed E-state index contributed by atoms with van der Waals surface area (Å²) in [5, 5.41) is 20.9. The summed E-state index contributed by atoms with van der Waals surface area (Å²) in [6.45, 7) is 0.772. The zero-order valence-corrected chi connectivity index (χ0v) is 14.2. The Balaban J connectivity index is 2.09. The summed E-state index contributed by atoms with van der Waals surface area (Å²) in [5.41, 5.74) is 0.866. The molecule has 1 heterocycles. The topological polar surface area (TPSA) is 95.1 Å². The van der Waals surface area contributed by atoms with Gasteiger partial charge in [-0.1, -0.05) is 23.7 Å². The minimum absolute atomic E-state index is 0.129. The summed E-state index contributed by atoms with van der Waals surface area (Å²) < 4.78 is 11.1. The van der Waals surface area contributed by atoms with Crippen molar-refractivity contribution in [1.29, 1.82) is 10.5 Å². The van der Waals surface area contributed by atoms with E-state index in [9.17, 15) is 4.79 Å². The molecule has 0 bridgehead atoms. The Kier molecular flexibility index (Phi) is 5.07. The van der Waals surface area contributed by atoms with Crippen molar-refractivity contribution in [1.82, 2.24) is 0 Å². The van der Waals surface area contributed by atoms with Crippen LogP contribution >= 0.6 is 11.6 Å². The number of halogens is 1. The minimum atomic E-state index is -0.320. The van der Waals surface area contributed by atoms with E-state index in [4.69, 9.17) is 31.6 Å². The van der Waals surface area contributed by atoms with E-state index in [0.29, 0.717) is 41.0 Å². The molecule has 0 aliphatic carbocycles. The number of anilines is 1. The van der Waals surface area contributed by atoms with Gasteiger partial charge in [-0.2, -0.15) is 10.5 Å². The molecular formula is C19H12ClN3O3. The van der Waals surface area contributed by atoms with Crippen molar-refractivity contribution < 1.29 is 14.3 Å². The van der Waals surface area contributed by atoms with Gasteiger partial charge >= 0.3 is 0 Å². The molecule has 0 saturated heterocycles. The number of fused-ring (bicyclic) bond motifs is 1. The Morgan fingerprint density at radius 1 is 1.08 bits per heavy atom. The first-order valence-electron chi connectivity index (χ1n) is 7.64. The van der Waals surface area contributed by atoms with Gasteiger partial charge in [0.15, 0.2) is 17.3 Å². The molecule has 1 aliphatic rings. The molecule has 0 radical (unpaired) electrons. The highest BCUT2D eigenvalue weighted by Crippen LogP contribution is 2.37. The van der Waals surface area contributed by atoms with Crippen LogP contribution in [-0.2, 0) is 0 Å². The largest absolute Gasteiger partial charge is 0.486 e. The third-order valence-electron chi connectivity index (χ3n) is 3.66. The van der Waals surface area contributed by atoms with E-state index in [1.54, 1.807) is 48.5 Å². The Labute approximate surface area is 154 Å². The van der Waals surface area contributed by atoms with Crippen molar-refractivity contribution in [2.24, 2.45) is 0 Å². The highest BCUT2D eigenvalue weighted by atomic mass is 35.5. The van der Waals surface area contributed by atoms with Crippen LogP contribution in [0.2, 0.25) is 5.02 Å². The van der Waals surface area contributed by atoms with Crippen LogP contribution in [0.15, 0.2) is 48.2 Å². The van der Waals surface area contributed by atoms with Gasteiger partial charge in [-0.3, -0.25) is 4.79 Å². The lowest BCUT2D eigenvalue weighted by atomic mass is 10.0.